The molecule has 1 aromatic carbocycles. The van der Waals surface area contributed by atoms with Crippen molar-refractivity contribution in [2.24, 2.45) is 5.73 Å². The molecule has 2 atom stereocenters. The van der Waals surface area contributed by atoms with Gasteiger partial charge in [-0.25, -0.2) is 8.78 Å². The molecule has 1 aliphatic heterocycles. The highest BCUT2D eigenvalue weighted by molar-refractivity contribution is 5.82. The Balaban J connectivity index is 2.29. The van der Waals surface area contributed by atoms with Gasteiger partial charge in [-0.1, -0.05) is 12.1 Å². The van der Waals surface area contributed by atoms with E-state index in [1.165, 1.54) is 12.1 Å². The van der Waals surface area contributed by atoms with Crippen molar-refractivity contribution in [2.45, 2.75) is 31.0 Å². The Kier molecular flexibility index (Phi) is 4.69. The summed E-state index contributed by atoms with van der Waals surface area (Å²) in [6.45, 7) is -1.79. The highest BCUT2D eigenvalue weighted by atomic mass is 19.4. The lowest BCUT2D eigenvalue weighted by molar-refractivity contribution is -0.161. The summed E-state index contributed by atoms with van der Waals surface area (Å²) in [5.41, 5.74) is 5.54. The number of nitrogens with zero attached hydrogens (tertiary/aromatic N) is 1. The number of carbonyl (C=O) groups is 1. The quantitative estimate of drug-likeness (QED) is 0.851. The summed E-state index contributed by atoms with van der Waals surface area (Å²) in [5.74, 6) is -3.71. The molecule has 0 saturated carbocycles. The van der Waals surface area contributed by atoms with Gasteiger partial charge in [0, 0.05) is 12.5 Å². The number of benzene rings is 1. The molecule has 1 aliphatic rings. The van der Waals surface area contributed by atoms with Crippen molar-refractivity contribution in [3.8, 4) is 0 Å². The van der Waals surface area contributed by atoms with Gasteiger partial charge in [0.05, 0.1) is 6.04 Å². The second-order valence-corrected chi connectivity index (χ2v) is 5.36. The number of hydrogen-bond donors (Lipinski definition) is 1. The highest BCUT2D eigenvalue weighted by Crippen LogP contribution is 2.30. The fourth-order valence-corrected chi connectivity index (χ4v) is 2.63. The topological polar surface area (TPSA) is 46.3 Å². The van der Waals surface area contributed by atoms with E-state index in [2.05, 4.69) is 0 Å². The minimum absolute atomic E-state index is 0.0333. The van der Waals surface area contributed by atoms with Crippen molar-refractivity contribution in [2.75, 3.05) is 13.1 Å². The van der Waals surface area contributed by atoms with Crippen LogP contribution in [0.5, 0.6) is 0 Å². The summed E-state index contributed by atoms with van der Waals surface area (Å²) in [4.78, 5) is 12.5. The summed E-state index contributed by atoms with van der Waals surface area (Å²) < 4.78 is 64.9. The third kappa shape index (κ3) is 3.73. The first-order valence-electron chi connectivity index (χ1n) is 6.74. The maximum atomic E-state index is 13.8. The van der Waals surface area contributed by atoms with Crippen LogP contribution in [0.25, 0.3) is 0 Å². The van der Waals surface area contributed by atoms with E-state index in [4.69, 9.17) is 5.73 Å². The maximum Gasteiger partial charge on any atom is 0.406 e. The molecule has 3 nitrogen and oxygen atoms in total. The Bertz CT molecular complexity index is 561. The summed E-state index contributed by atoms with van der Waals surface area (Å²) in [6, 6.07) is 2.47. The van der Waals surface area contributed by atoms with Crippen molar-refractivity contribution >= 4 is 5.91 Å². The SMILES string of the molecule is N[C@@H]1CCC(c2cccc(F)c2F)CN(CC(F)(F)F)C1=O. The lowest BCUT2D eigenvalue weighted by Crippen LogP contribution is -2.46. The summed E-state index contributed by atoms with van der Waals surface area (Å²) in [5, 5.41) is 0. The highest BCUT2D eigenvalue weighted by Gasteiger charge is 2.38. The Labute approximate surface area is 123 Å². The number of nitrogens with two attached hydrogens (primary N) is 1. The number of amides is 1. The lowest BCUT2D eigenvalue weighted by Gasteiger charge is -2.26. The number of carbonyl (C=O) groups excluding carboxylic acids is 1. The summed E-state index contributed by atoms with van der Waals surface area (Å²) >= 11 is 0. The molecule has 0 aromatic heterocycles. The lowest BCUT2D eigenvalue weighted by atomic mass is 9.93. The van der Waals surface area contributed by atoms with E-state index in [9.17, 15) is 26.7 Å². The molecule has 0 spiro atoms. The van der Waals surface area contributed by atoms with Crippen LogP contribution in [0.15, 0.2) is 18.2 Å². The molecule has 1 saturated heterocycles. The zero-order chi connectivity index (χ0) is 16.5. The van der Waals surface area contributed by atoms with Gasteiger partial charge in [-0.15, -0.1) is 0 Å². The van der Waals surface area contributed by atoms with Crippen LogP contribution in [-0.2, 0) is 4.79 Å². The molecule has 1 aromatic rings. The molecule has 2 N–H and O–H groups in total. The van der Waals surface area contributed by atoms with Crippen LogP contribution in [0.1, 0.15) is 24.3 Å². The average molecular weight is 322 g/mol. The monoisotopic (exact) mass is 322 g/mol. The van der Waals surface area contributed by atoms with Gasteiger partial charge in [0.15, 0.2) is 11.6 Å². The van der Waals surface area contributed by atoms with Crippen molar-refractivity contribution in [3.63, 3.8) is 0 Å². The molecule has 1 fully saturated rings. The molecule has 2 rings (SSSR count). The molecule has 0 aliphatic carbocycles. The second kappa shape index (κ2) is 6.20. The van der Waals surface area contributed by atoms with E-state index < -0.39 is 42.2 Å². The molecule has 1 heterocycles. The van der Waals surface area contributed by atoms with Crippen molar-refractivity contribution in [1.29, 1.82) is 0 Å². The van der Waals surface area contributed by atoms with E-state index >= 15 is 0 Å². The first kappa shape index (κ1) is 16.7. The average Bonchev–Trinajstić information content (AvgIpc) is 2.54. The molecular formula is C14H15F5N2O. The van der Waals surface area contributed by atoms with Gasteiger partial charge >= 0.3 is 6.18 Å². The first-order chi connectivity index (χ1) is 10.2. The normalized spacial score (nSPS) is 23.5. The van der Waals surface area contributed by atoms with Gasteiger partial charge in [0.25, 0.3) is 0 Å². The van der Waals surface area contributed by atoms with E-state index in [0.717, 1.165) is 6.07 Å². The van der Waals surface area contributed by atoms with Crippen molar-refractivity contribution < 1.29 is 26.7 Å². The number of hydrogen-bond acceptors (Lipinski definition) is 2. The third-order valence-corrected chi connectivity index (χ3v) is 3.69. The Hall–Kier alpha value is -1.70. The molecule has 0 bridgehead atoms. The minimum Gasteiger partial charge on any atom is -0.332 e. The standard InChI is InChI=1S/C14H15F5N2O/c15-10-3-1-2-9(12(10)16)8-4-5-11(20)13(22)21(6-8)7-14(17,18)19/h1-3,8,11H,4-7,20H2/t8?,11-/m1/s1. The largest absolute Gasteiger partial charge is 0.406 e. The molecular weight excluding hydrogens is 307 g/mol. The Morgan fingerprint density at radius 2 is 1.91 bits per heavy atom. The van der Waals surface area contributed by atoms with Crippen LogP contribution in [0.3, 0.4) is 0 Å². The van der Waals surface area contributed by atoms with Gasteiger partial charge in [-0.3, -0.25) is 4.79 Å². The summed E-state index contributed by atoms with van der Waals surface area (Å²) in [6.07, 6.45) is -4.25. The van der Waals surface area contributed by atoms with Crippen LogP contribution in [0, 0.1) is 11.6 Å². The van der Waals surface area contributed by atoms with Crippen molar-refractivity contribution in [1.82, 2.24) is 4.90 Å². The van der Waals surface area contributed by atoms with Gasteiger partial charge in [0.1, 0.15) is 6.54 Å². The van der Waals surface area contributed by atoms with Crippen LogP contribution < -0.4 is 5.73 Å². The van der Waals surface area contributed by atoms with E-state index in [-0.39, 0.29) is 24.9 Å². The van der Waals surface area contributed by atoms with Gasteiger partial charge in [-0.2, -0.15) is 13.2 Å². The molecule has 122 valence electrons. The van der Waals surface area contributed by atoms with Crippen molar-refractivity contribution in [3.05, 3.63) is 35.4 Å². The zero-order valence-corrected chi connectivity index (χ0v) is 11.5. The molecule has 8 heteroatoms. The van der Waals surface area contributed by atoms with Gasteiger partial charge in [0.2, 0.25) is 5.91 Å². The number of alkyl halides is 3. The molecule has 1 unspecified atom stereocenters. The number of rotatable bonds is 2. The maximum absolute atomic E-state index is 13.8. The van der Waals surface area contributed by atoms with Crippen LogP contribution in [0.2, 0.25) is 0 Å². The predicted octanol–water partition coefficient (Wildman–Crippen LogP) is 2.56. The van der Waals surface area contributed by atoms with E-state index in [1.807, 2.05) is 0 Å². The summed E-state index contributed by atoms with van der Waals surface area (Å²) in [7, 11) is 0. The fourth-order valence-electron chi connectivity index (χ4n) is 2.63. The molecule has 0 radical (unpaired) electrons. The fraction of sp³-hybridized carbons (Fsp3) is 0.500. The molecule has 1 amide bonds. The number of halogens is 5. The Morgan fingerprint density at radius 1 is 1.23 bits per heavy atom. The predicted molar refractivity (Wildman–Crippen MR) is 68.9 cm³/mol. The van der Waals surface area contributed by atoms with Crippen LogP contribution in [-0.4, -0.2) is 36.1 Å². The molecule has 22 heavy (non-hydrogen) atoms. The van der Waals surface area contributed by atoms with Crippen LogP contribution in [0.4, 0.5) is 22.0 Å². The second-order valence-electron chi connectivity index (χ2n) is 5.36. The van der Waals surface area contributed by atoms with E-state index in [0.29, 0.717) is 4.90 Å². The van der Waals surface area contributed by atoms with Gasteiger partial charge in [-0.05, 0) is 24.5 Å². The number of likely N-dealkylation sites (tertiary alicyclic amines) is 1. The Morgan fingerprint density at radius 3 is 2.55 bits per heavy atom. The third-order valence-electron chi connectivity index (χ3n) is 3.69. The smallest absolute Gasteiger partial charge is 0.332 e. The van der Waals surface area contributed by atoms with Crippen LogP contribution >= 0.6 is 0 Å². The first-order valence-corrected chi connectivity index (χ1v) is 6.74. The van der Waals surface area contributed by atoms with Gasteiger partial charge < -0.3 is 10.6 Å². The zero-order valence-electron chi connectivity index (χ0n) is 11.5. The van der Waals surface area contributed by atoms with E-state index in [1.54, 1.807) is 0 Å². The minimum atomic E-state index is -4.58.